The molecule has 14 heavy (non-hydrogen) atoms. The van der Waals surface area contributed by atoms with Gasteiger partial charge >= 0.3 is 0 Å². The average molecular weight is 252 g/mol. The predicted octanol–water partition coefficient (Wildman–Crippen LogP) is 4.50. The predicted molar refractivity (Wildman–Crippen MR) is 59.4 cm³/mol. The lowest BCUT2D eigenvalue weighted by Crippen LogP contribution is -1.95. The van der Waals surface area contributed by atoms with Gasteiger partial charge in [-0.2, -0.15) is 0 Å². The lowest BCUT2D eigenvalue weighted by Gasteiger charge is -2.11. The highest BCUT2D eigenvalue weighted by atomic mass is 35.5. The lowest BCUT2D eigenvalue weighted by molar-refractivity contribution is 0.112. The average Bonchev–Trinajstić information content (AvgIpc) is 2.66. The maximum absolute atomic E-state index is 5.93. The van der Waals surface area contributed by atoms with Gasteiger partial charge in [-0.05, 0) is 30.5 Å². The van der Waals surface area contributed by atoms with Gasteiger partial charge in [-0.25, -0.2) is 0 Å². The number of rotatable bonds is 1. The normalized spacial score (nSPS) is 21.5. The Bertz CT molecular complexity index is 322. The summed E-state index contributed by atoms with van der Waals surface area (Å²) in [5.41, 5.74) is 1.02. The van der Waals surface area contributed by atoms with E-state index in [9.17, 15) is 0 Å². The zero-order valence-electron chi connectivity index (χ0n) is 7.40. The van der Waals surface area contributed by atoms with Crippen LogP contribution in [0.3, 0.4) is 0 Å². The van der Waals surface area contributed by atoms with Crippen molar-refractivity contribution in [3.05, 3.63) is 32.8 Å². The van der Waals surface area contributed by atoms with Crippen LogP contribution in [0.5, 0.6) is 0 Å². The Morgan fingerprint density at radius 3 is 2.29 bits per heavy atom. The van der Waals surface area contributed by atoms with E-state index in [-0.39, 0.29) is 6.10 Å². The minimum Gasteiger partial charge on any atom is -0.374 e. The van der Waals surface area contributed by atoms with Crippen LogP contribution in [0.2, 0.25) is 15.1 Å². The first-order chi connectivity index (χ1) is 6.68. The van der Waals surface area contributed by atoms with Gasteiger partial charge in [0.25, 0.3) is 0 Å². The van der Waals surface area contributed by atoms with E-state index in [4.69, 9.17) is 39.5 Å². The minimum absolute atomic E-state index is 0.127. The van der Waals surface area contributed by atoms with Gasteiger partial charge in [-0.3, -0.25) is 0 Å². The molecule has 1 saturated heterocycles. The molecule has 1 aromatic carbocycles. The maximum Gasteiger partial charge on any atom is 0.0826 e. The molecule has 1 fully saturated rings. The maximum atomic E-state index is 5.93. The van der Waals surface area contributed by atoms with Crippen LogP contribution in [0.25, 0.3) is 0 Å². The molecule has 1 atom stereocenters. The fraction of sp³-hybridized carbons (Fsp3) is 0.400. The summed E-state index contributed by atoms with van der Waals surface area (Å²) in [5.74, 6) is 0. The topological polar surface area (TPSA) is 9.23 Å². The highest BCUT2D eigenvalue weighted by Crippen LogP contribution is 2.36. The number of ether oxygens (including phenoxy) is 1. The van der Waals surface area contributed by atoms with Crippen molar-refractivity contribution in [2.75, 3.05) is 6.61 Å². The summed E-state index contributed by atoms with van der Waals surface area (Å²) in [6, 6.07) is 3.65. The quantitative estimate of drug-likeness (QED) is 0.668. The van der Waals surface area contributed by atoms with E-state index >= 15 is 0 Å². The van der Waals surface area contributed by atoms with E-state index in [0.717, 1.165) is 25.0 Å². The first kappa shape index (κ1) is 10.6. The molecular weight excluding hydrogens is 242 g/mol. The van der Waals surface area contributed by atoms with Crippen LogP contribution >= 0.6 is 34.8 Å². The third kappa shape index (κ3) is 2.01. The lowest BCUT2D eigenvalue weighted by atomic mass is 10.1. The molecule has 0 saturated carbocycles. The summed E-state index contributed by atoms with van der Waals surface area (Å²) in [4.78, 5) is 0. The van der Waals surface area contributed by atoms with E-state index in [1.807, 2.05) is 12.1 Å². The van der Waals surface area contributed by atoms with E-state index in [2.05, 4.69) is 0 Å². The molecule has 76 valence electrons. The molecule has 0 aliphatic carbocycles. The standard InChI is InChI=1S/C10H9Cl3O/c11-7-4-6(5-8(12)10(7)13)9-2-1-3-14-9/h4-5,9H,1-3H2. The molecule has 1 nitrogen and oxygen atoms in total. The molecule has 1 aliphatic heterocycles. The summed E-state index contributed by atoms with van der Waals surface area (Å²) in [6.45, 7) is 0.808. The molecule has 1 aliphatic rings. The van der Waals surface area contributed by atoms with Crippen molar-refractivity contribution in [1.29, 1.82) is 0 Å². The fourth-order valence-electron chi connectivity index (χ4n) is 1.60. The molecule has 0 aromatic heterocycles. The van der Waals surface area contributed by atoms with E-state index in [1.165, 1.54) is 0 Å². The Labute approximate surface area is 97.9 Å². The summed E-state index contributed by atoms with van der Waals surface area (Å²) in [7, 11) is 0. The van der Waals surface area contributed by atoms with Crippen molar-refractivity contribution in [2.24, 2.45) is 0 Å². The van der Waals surface area contributed by atoms with Gasteiger partial charge in [0.05, 0.1) is 21.2 Å². The highest BCUT2D eigenvalue weighted by Gasteiger charge is 2.19. The van der Waals surface area contributed by atoms with Crippen molar-refractivity contribution in [2.45, 2.75) is 18.9 Å². The number of hydrogen-bond donors (Lipinski definition) is 0. The Hall–Kier alpha value is 0.0500. The van der Waals surface area contributed by atoms with E-state index in [0.29, 0.717) is 15.1 Å². The third-order valence-corrected chi connectivity index (χ3v) is 3.50. The molecule has 0 radical (unpaired) electrons. The smallest absolute Gasteiger partial charge is 0.0826 e. The Morgan fingerprint density at radius 2 is 1.79 bits per heavy atom. The van der Waals surface area contributed by atoms with Crippen molar-refractivity contribution < 1.29 is 4.74 Å². The Balaban J connectivity index is 2.34. The second-order valence-corrected chi connectivity index (χ2v) is 4.49. The number of benzene rings is 1. The minimum atomic E-state index is 0.127. The second-order valence-electron chi connectivity index (χ2n) is 3.30. The monoisotopic (exact) mass is 250 g/mol. The highest BCUT2D eigenvalue weighted by molar-refractivity contribution is 6.48. The van der Waals surface area contributed by atoms with Crippen molar-refractivity contribution in [3.8, 4) is 0 Å². The second kappa shape index (κ2) is 4.28. The van der Waals surface area contributed by atoms with Gasteiger partial charge < -0.3 is 4.74 Å². The van der Waals surface area contributed by atoms with Gasteiger partial charge in [-0.15, -0.1) is 0 Å². The molecule has 2 rings (SSSR count). The summed E-state index contributed by atoms with van der Waals surface area (Å²) in [5, 5.41) is 1.39. The van der Waals surface area contributed by atoms with Crippen LogP contribution in [0.1, 0.15) is 24.5 Å². The molecule has 4 heteroatoms. The molecule has 0 N–H and O–H groups in total. The first-order valence-corrected chi connectivity index (χ1v) is 5.58. The summed E-state index contributed by atoms with van der Waals surface area (Å²) in [6.07, 6.45) is 2.24. The zero-order valence-corrected chi connectivity index (χ0v) is 9.66. The van der Waals surface area contributed by atoms with Crippen LogP contribution in [-0.2, 0) is 4.74 Å². The third-order valence-electron chi connectivity index (χ3n) is 2.31. The molecule has 0 spiro atoms. The Morgan fingerprint density at radius 1 is 1.14 bits per heavy atom. The number of hydrogen-bond acceptors (Lipinski definition) is 1. The molecular formula is C10H9Cl3O. The van der Waals surface area contributed by atoms with Crippen LogP contribution in [0, 0.1) is 0 Å². The molecule has 0 amide bonds. The van der Waals surface area contributed by atoms with Crippen molar-refractivity contribution in [3.63, 3.8) is 0 Å². The Kier molecular flexibility index (Phi) is 3.23. The molecule has 1 aromatic rings. The number of halogens is 3. The summed E-state index contributed by atoms with van der Waals surface area (Å²) >= 11 is 17.7. The van der Waals surface area contributed by atoms with Crippen molar-refractivity contribution >= 4 is 34.8 Å². The van der Waals surface area contributed by atoms with Gasteiger partial charge in [0.1, 0.15) is 0 Å². The van der Waals surface area contributed by atoms with Crippen LogP contribution in [0.15, 0.2) is 12.1 Å². The molecule has 1 heterocycles. The van der Waals surface area contributed by atoms with Crippen LogP contribution in [0.4, 0.5) is 0 Å². The van der Waals surface area contributed by atoms with Gasteiger partial charge in [0.2, 0.25) is 0 Å². The van der Waals surface area contributed by atoms with Crippen LogP contribution in [-0.4, -0.2) is 6.61 Å². The van der Waals surface area contributed by atoms with Crippen LogP contribution < -0.4 is 0 Å². The fourth-order valence-corrected chi connectivity index (χ4v) is 2.21. The van der Waals surface area contributed by atoms with E-state index in [1.54, 1.807) is 0 Å². The first-order valence-electron chi connectivity index (χ1n) is 4.44. The van der Waals surface area contributed by atoms with Gasteiger partial charge in [0, 0.05) is 6.61 Å². The largest absolute Gasteiger partial charge is 0.374 e. The van der Waals surface area contributed by atoms with Crippen molar-refractivity contribution in [1.82, 2.24) is 0 Å². The molecule has 1 unspecified atom stereocenters. The van der Waals surface area contributed by atoms with Gasteiger partial charge in [0.15, 0.2) is 0 Å². The SMILES string of the molecule is Clc1cc(C2CCCO2)cc(Cl)c1Cl. The zero-order chi connectivity index (χ0) is 10.1. The van der Waals surface area contributed by atoms with E-state index < -0.39 is 0 Å². The summed E-state index contributed by atoms with van der Waals surface area (Å²) < 4.78 is 5.53. The molecule has 0 bridgehead atoms. The van der Waals surface area contributed by atoms with Gasteiger partial charge in [-0.1, -0.05) is 34.8 Å².